The van der Waals surface area contributed by atoms with Gasteiger partial charge in [0.05, 0.1) is 0 Å². The topological polar surface area (TPSA) is 0 Å². The molecule has 0 atom stereocenters. The molecular weight excluding hydrogens is 420 g/mol. The molecule has 0 aliphatic heterocycles. The summed E-state index contributed by atoms with van der Waals surface area (Å²) in [6, 6.07) is 10.1. The quantitative estimate of drug-likeness (QED) is 0.395. The summed E-state index contributed by atoms with van der Waals surface area (Å²) in [6.07, 6.45) is 2.19. The summed E-state index contributed by atoms with van der Waals surface area (Å²) in [5.74, 6) is 2.16. The monoisotopic (exact) mass is 468 g/mol. The first-order valence-corrected chi connectivity index (χ1v) is 14.0. The minimum absolute atomic E-state index is 0.0311. The molecule has 0 saturated heterocycles. The number of rotatable bonds is 6. The summed E-state index contributed by atoms with van der Waals surface area (Å²) in [5, 5.41) is 0. The molecule has 0 amide bonds. The van der Waals surface area contributed by atoms with Crippen molar-refractivity contribution >= 4 is 11.1 Å². The molecule has 2 aromatic rings. The van der Waals surface area contributed by atoms with Gasteiger partial charge < -0.3 is 0 Å². The Morgan fingerprint density at radius 2 is 0.886 bits per heavy atom. The zero-order chi connectivity index (χ0) is 26.0. The molecule has 0 saturated carbocycles. The molecule has 0 nitrogen and oxygen atoms in total. The molecule has 0 aromatic heterocycles. The lowest BCUT2D eigenvalue weighted by molar-refractivity contribution is 0.663. The number of hydrogen-bond acceptors (Lipinski definition) is 0. The van der Waals surface area contributed by atoms with Crippen LogP contribution in [0.1, 0.15) is 151 Å². The Hall–Kier alpha value is -2.08. The van der Waals surface area contributed by atoms with Gasteiger partial charge >= 0.3 is 0 Å². The van der Waals surface area contributed by atoms with E-state index in [1.54, 1.807) is 55.7 Å². The van der Waals surface area contributed by atoms with Crippen LogP contribution in [-0.4, -0.2) is 0 Å². The molecule has 2 aromatic carbocycles. The molecule has 2 aliphatic carbocycles. The minimum Gasteiger partial charge on any atom is -0.0642 e. The highest BCUT2D eigenvalue weighted by Crippen LogP contribution is 2.57. The smallest absolute Gasteiger partial charge is 0.0157 e. The van der Waals surface area contributed by atoms with Crippen molar-refractivity contribution < 1.29 is 0 Å². The van der Waals surface area contributed by atoms with E-state index in [2.05, 4.69) is 107 Å². The van der Waals surface area contributed by atoms with Crippen molar-refractivity contribution in [1.29, 1.82) is 0 Å². The average Bonchev–Trinajstić information content (AvgIpc) is 3.27. The van der Waals surface area contributed by atoms with Gasteiger partial charge in [-0.05, 0) is 106 Å². The van der Waals surface area contributed by atoms with Crippen molar-refractivity contribution in [2.45, 2.75) is 120 Å². The lowest BCUT2D eigenvalue weighted by atomic mass is 9.68. The normalized spacial score (nSPS) is 16.0. The maximum Gasteiger partial charge on any atom is 0.0157 e. The van der Waals surface area contributed by atoms with E-state index in [1.165, 1.54) is 11.1 Å². The molecule has 0 spiro atoms. The van der Waals surface area contributed by atoms with Crippen LogP contribution < -0.4 is 0 Å². The molecule has 188 valence electrons. The molecule has 35 heavy (non-hydrogen) atoms. The standard InChI is InChI=1S/C35H48/c1-19(2)25-15-27-13-23(9)33(31(27)29(17-25)21(5)6)35(11,12)34-24(10)14-28-16-26(20(3)4)18-30(22(7)8)32(28)34/h15-22H,13-14H2,1-12H3. The van der Waals surface area contributed by atoms with E-state index in [0.29, 0.717) is 23.7 Å². The van der Waals surface area contributed by atoms with E-state index in [-0.39, 0.29) is 5.41 Å². The van der Waals surface area contributed by atoms with Gasteiger partial charge in [0.15, 0.2) is 0 Å². The van der Waals surface area contributed by atoms with Crippen molar-refractivity contribution in [2.24, 2.45) is 5.41 Å². The van der Waals surface area contributed by atoms with Crippen molar-refractivity contribution in [3.05, 3.63) is 79.9 Å². The van der Waals surface area contributed by atoms with Crippen molar-refractivity contribution in [2.75, 3.05) is 0 Å². The predicted octanol–water partition coefficient (Wildman–Crippen LogP) is 10.6. The molecule has 0 heterocycles. The van der Waals surface area contributed by atoms with E-state index in [4.69, 9.17) is 0 Å². The highest BCUT2D eigenvalue weighted by atomic mass is 14.4. The van der Waals surface area contributed by atoms with Crippen LogP contribution in [0.4, 0.5) is 0 Å². The molecular formula is C35H48. The predicted molar refractivity (Wildman–Crippen MR) is 156 cm³/mol. The number of benzene rings is 2. The molecule has 0 N–H and O–H groups in total. The molecule has 2 aliphatic rings. The van der Waals surface area contributed by atoms with Crippen LogP contribution in [0.5, 0.6) is 0 Å². The summed E-state index contributed by atoms with van der Waals surface area (Å²) in [4.78, 5) is 0. The third-order valence-corrected chi connectivity index (χ3v) is 8.64. The van der Waals surface area contributed by atoms with Crippen molar-refractivity contribution in [3.8, 4) is 0 Å². The van der Waals surface area contributed by atoms with Gasteiger partial charge in [-0.3, -0.25) is 0 Å². The second kappa shape index (κ2) is 9.10. The molecule has 0 fully saturated rings. The Labute approximate surface area is 215 Å². The first kappa shape index (κ1) is 26.0. The summed E-state index contributed by atoms with van der Waals surface area (Å²) in [5.41, 5.74) is 18.6. The van der Waals surface area contributed by atoms with Crippen LogP contribution in [0.15, 0.2) is 35.4 Å². The second-order valence-electron chi connectivity index (χ2n) is 13.2. The summed E-state index contributed by atoms with van der Waals surface area (Å²) in [7, 11) is 0. The third kappa shape index (κ3) is 4.26. The maximum absolute atomic E-state index is 2.52. The highest BCUT2D eigenvalue weighted by Gasteiger charge is 2.41. The van der Waals surface area contributed by atoms with Crippen LogP contribution in [0, 0.1) is 5.41 Å². The number of allylic oxidation sites excluding steroid dienone is 4. The van der Waals surface area contributed by atoms with Crippen LogP contribution >= 0.6 is 0 Å². The average molecular weight is 469 g/mol. The number of hydrogen-bond donors (Lipinski definition) is 0. The van der Waals surface area contributed by atoms with Gasteiger partial charge in [0.25, 0.3) is 0 Å². The van der Waals surface area contributed by atoms with Gasteiger partial charge in [0, 0.05) is 5.41 Å². The molecule has 4 rings (SSSR count). The molecule has 0 radical (unpaired) electrons. The first-order chi connectivity index (χ1) is 16.2. The van der Waals surface area contributed by atoms with Gasteiger partial charge in [0.2, 0.25) is 0 Å². The Kier molecular flexibility index (Phi) is 6.76. The Morgan fingerprint density at radius 3 is 1.17 bits per heavy atom. The maximum atomic E-state index is 2.52. The van der Waals surface area contributed by atoms with E-state index in [1.807, 2.05) is 0 Å². The summed E-state index contributed by atoms with van der Waals surface area (Å²) in [6.45, 7) is 28.6. The van der Waals surface area contributed by atoms with Crippen LogP contribution in [-0.2, 0) is 12.8 Å². The Balaban J connectivity index is 1.95. The summed E-state index contributed by atoms with van der Waals surface area (Å²) >= 11 is 0. The fourth-order valence-corrected chi connectivity index (χ4v) is 6.96. The van der Waals surface area contributed by atoms with Crippen LogP contribution in [0.25, 0.3) is 11.1 Å². The van der Waals surface area contributed by atoms with Gasteiger partial charge in [-0.2, -0.15) is 0 Å². The minimum atomic E-state index is -0.0311. The molecule has 0 heteroatoms. The van der Waals surface area contributed by atoms with Crippen molar-refractivity contribution in [1.82, 2.24) is 0 Å². The first-order valence-electron chi connectivity index (χ1n) is 14.0. The van der Waals surface area contributed by atoms with Gasteiger partial charge in [-0.1, -0.05) is 105 Å². The van der Waals surface area contributed by atoms with Crippen molar-refractivity contribution in [3.63, 3.8) is 0 Å². The Bertz CT molecular complexity index is 1130. The SMILES string of the molecule is CC1=C(C(C)(C)C2=C(C)Cc3cc(C(C)C)cc(C(C)C)c32)c2c(cc(C(C)C)cc2C(C)C)C1. The fraction of sp³-hybridized carbons (Fsp3) is 0.543. The second-order valence-corrected chi connectivity index (χ2v) is 13.2. The third-order valence-electron chi connectivity index (χ3n) is 8.64. The van der Waals surface area contributed by atoms with E-state index in [9.17, 15) is 0 Å². The van der Waals surface area contributed by atoms with Gasteiger partial charge in [-0.25, -0.2) is 0 Å². The van der Waals surface area contributed by atoms with E-state index < -0.39 is 0 Å². The van der Waals surface area contributed by atoms with E-state index in [0.717, 1.165) is 12.8 Å². The van der Waals surface area contributed by atoms with Gasteiger partial charge in [0.1, 0.15) is 0 Å². The van der Waals surface area contributed by atoms with Crippen LogP contribution in [0.3, 0.4) is 0 Å². The Morgan fingerprint density at radius 1 is 0.543 bits per heavy atom. The van der Waals surface area contributed by atoms with Crippen LogP contribution in [0.2, 0.25) is 0 Å². The van der Waals surface area contributed by atoms with E-state index >= 15 is 0 Å². The lowest BCUT2D eigenvalue weighted by Crippen LogP contribution is -2.19. The molecule has 0 unspecified atom stereocenters. The van der Waals surface area contributed by atoms with Gasteiger partial charge in [-0.15, -0.1) is 0 Å². The zero-order valence-electron chi connectivity index (χ0n) is 24.5. The molecule has 0 bridgehead atoms. The summed E-state index contributed by atoms with van der Waals surface area (Å²) < 4.78 is 0. The fourth-order valence-electron chi connectivity index (χ4n) is 6.96. The highest BCUT2D eigenvalue weighted by molar-refractivity contribution is 5.95. The lowest BCUT2D eigenvalue weighted by Gasteiger charge is -2.35. The largest absolute Gasteiger partial charge is 0.0642 e. The number of fused-ring (bicyclic) bond motifs is 2. The zero-order valence-corrected chi connectivity index (χ0v) is 24.5.